The Labute approximate surface area is 88.7 Å². The lowest BCUT2D eigenvalue weighted by Crippen LogP contribution is -1.90. The summed E-state index contributed by atoms with van der Waals surface area (Å²) >= 11 is 0. The summed E-state index contributed by atoms with van der Waals surface area (Å²) in [5.74, 6) is 4.44. The number of methoxy groups -OCH3 is 1. The first-order valence-corrected chi connectivity index (χ1v) is 4.51. The molecule has 0 heterocycles. The largest absolute Gasteiger partial charge is 0.481 e. The van der Waals surface area contributed by atoms with Crippen LogP contribution < -0.4 is 0 Å². The average molecular weight is 204 g/mol. The molecule has 0 bridgehead atoms. The molecule has 0 unspecified atom stereocenters. The van der Waals surface area contributed by atoms with E-state index in [4.69, 9.17) is 9.84 Å². The molecule has 0 aliphatic heterocycles. The van der Waals surface area contributed by atoms with Crippen LogP contribution in [-0.4, -0.2) is 18.2 Å². The molecule has 0 aromatic heterocycles. The van der Waals surface area contributed by atoms with Gasteiger partial charge in [-0.25, -0.2) is 0 Å². The van der Waals surface area contributed by atoms with Gasteiger partial charge in [-0.05, 0) is 17.7 Å². The van der Waals surface area contributed by atoms with Gasteiger partial charge in [0, 0.05) is 12.7 Å². The molecule has 0 spiro atoms. The van der Waals surface area contributed by atoms with E-state index in [1.165, 1.54) is 0 Å². The van der Waals surface area contributed by atoms with E-state index in [2.05, 4.69) is 11.8 Å². The van der Waals surface area contributed by atoms with Crippen molar-refractivity contribution in [1.82, 2.24) is 0 Å². The molecule has 3 heteroatoms. The molecule has 15 heavy (non-hydrogen) atoms. The zero-order valence-corrected chi connectivity index (χ0v) is 8.49. The van der Waals surface area contributed by atoms with E-state index in [0.29, 0.717) is 6.61 Å². The molecule has 1 rings (SSSR count). The van der Waals surface area contributed by atoms with Crippen LogP contribution in [0.4, 0.5) is 0 Å². The van der Waals surface area contributed by atoms with Crippen LogP contribution in [0.5, 0.6) is 0 Å². The molecular weight excluding hydrogens is 192 g/mol. The van der Waals surface area contributed by atoms with Gasteiger partial charge in [-0.2, -0.15) is 0 Å². The molecule has 78 valence electrons. The second kappa shape index (κ2) is 5.84. The summed E-state index contributed by atoms with van der Waals surface area (Å²) in [5, 5.41) is 8.39. The third kappa shape index (κ3) is 4.30. The number of hydrogen-bond donors (Lipinski definition) is 1. The highest BCUT2D eigenvalue weighted by molar-refractivity contribution is 5.70. The SMILES string of the molecule is COCc1ccc(C#CCC(=O)O)cc1. The van der Waals surface area contributed by atoms with Gasteiger partial charge in [0.05, 0.1) is 6.61 Å². The number of aliphatic carboxylic acids is 1. The monoisotopic (exact) mass is 204 g/mol. The molecule has 0 aliphatic rings. The normalized spacial score (nSPS) is 9.13. The Bertz CT molecular complexity index is 382. The van der Waals surface area contributed by atoms with Gasteiger partial charge in [-0.15, -0.1) is 0 Å². The van der Waals surface area contributed by atoms with Gasteiger partial charge in [-0.1, -0.05) is 24.0 Å². The molecule has 0 amide bonds. The Morgan fingerprint density at radius 2 is 2.07 bits per heavy atom. The van der Waals surface area contributed by atoms with Crippen molar-refractivity contribution in [3.63, 3.8) is 0 Å². The molecule has 0 atom stereocenters. The van der Waals surface area contributed by atoms with E-state index in [-0.39, 0.29) is 6.42 Å². The molecule has 0 aliphatic carbocycles. The minimum Gasteiger partial charge on any atom is -0.481 e. The summed E-state index contributed by atoms with van der Waals surface area (Å²) in [5.41, 5.74) is 1.89. The lowest BCUT2D eigenvalue weighted by molar-refractivity contribution is -0.135. The number of rotatable bonds is 3. The number of carbonyl (C=O) groups is 1. The fourth-order valence-electron chi connectivity index (χ4n) is 1.07. The summed E-state index contributed by atoms with van der Waals surface area (Å²) in [6.45, 7) is 0.572. The highest BCUT2D eigenvalue weighted by Crippen LogP contribution is 2.04. The van der Waals surface area contributed by atoms with Gasteiger partial charge in [0.1, 0.15) is 6.42 Å². The Morgan fingerprint density at radius 1 is 1.40 bits per heavy atom. The lowest BCUT2D eigenvalue weighted by Gasteiger charge is -1.98. The number of hydrogen-bond acceptors (Lipinski definition) is 2. The van der Waals surface area contributed by atoms with Gasteiger partial charge in [-0.3, -0.25) is 4.79 Å². The standard InChI is InChI=1S/C12H12O3/c1-15-9-11-7-5-10(6-8-11)3-2-4-12(13)14/h5-8H,4,9H2,1H3,(H,13,14). The van der Waals surface area contributed by atoms with Gasteiger partial charge in [0.2, 0.25) is 0 Å². The summed E-state index contributed by atoms with van der Waals surface area (Å²) in [4.78, 5) is 10.2. The average Bonchev–Trinajstić information content (AvgIpc) is 2.20. The van der Waals surface area contributed by atoms with E-state index in [1.807, 2.05) is 24.3 Å². The number of ether oxygens (including phenoxy) is 1. The predicted octanol–water partition coefficient (Wildman–Crippen LogP) is 1.66. The van der Waals surface area contributed by atoms with Crippen molar-refractivity contribution in [2.24, 2.45) is 0 Å². The Balaban J connectivity index is 2.62. The van der Waals surface area contributed by atoms with Crippen LogP contribution in [0.3, 0.4) is 0 Å². The lowest BCUT2D eigenvalue weighted by atomic mass is 10.1. The molecular formula is C12H12O3. The number of benzene rings is 1. The van der Waals surface area contributed by atoms with Crippen molar-refractivity contribution in [2.45, 2.75) is 13.0 Å². The third-order valence-electron chi connectivity index (χ3n) is 1.74. The van der Waals surface area contributed by atoms with Gasteiger partial charge in [0.25, 0.3) is 0 Å². The molecule has 1 N–H and O–H groups in total. The predicted molar refractivity (Wildman–Crippen MR) is 56.3 cm³/mol. The summed E-state index contributed by atoms with van der Waals surface area (Å²) in [7, 11) is 1.64. The highest BCUT2D eigenvalue weighted by atomic mass is 16.5. The molecule has 0 fully saturated rings. The van der Waals surface area contributed by atoms with Gasteiger partial charge in [0.15, 0.2) is 0 Å². The number of carboxylic acid groups (broad SMARTS) is 1. The minimum absolute atomic E-state index is 0.125. The fraction of sp³-hybridized carbons (Fsp3) is 0.250. The van der Waals surface area contributed by atoms with Crippen molar-refractivity contribution < 1.29 is 14.6 Å². The number of carboxylic acids is 1. The first-order chi connectivity index (χ1) is 7.22. The summed E-state index contributed by atoms with van der Waals surface area (Å²) < 4.78 is 4.97. The van der Waals surface area contributed by atoms with Gasteiger partial charge < -0.3 is 9.84 Å². The van der Waals surface area contributed by atoms with E-state index in [1.54, 1.807) is 7.11 Å². The Hall–Kier alpha value is -1.79. The summed E-state index contributed by atoms with van der Waals surface area (Å²) in [6, 6.07) is 7.52. The highest BCUT2D eigenvalue weighted by Gasteiger charge is 1.92. The second-order valence-electron chi connectivity index (χ2n) is 3.00. The van der Waals surface area contributed by atoms with E-state index >= 15 is 0 Å². The zero-order chi connectivity index (χ0) is 11.1. The van der Waals surface area contributed by atoms with Crippen molar-refractivity contribution in [1.29, 1.82) is 0 Å². The maximum absolute atomic E-state index is 10.2. The molecule has 3 nitrogen and oxygen atoms in total. The van der Waals surface area contributed by atoms with Crippen LogP contribution in [0.2, 0.25) is 0 Å². The van der Waals surface area contributed by atoms with Crippen LogP contribution in [0.15, 0.2) is 24.3 Å². The van der Waals surface area contributed by atoms with E-state index in [0.717, 1.165) is 11.1 Å². The second-order valence-corrected chi connectivity index (χ2v) is 3.00. The Morgan fingerprint density at radius 3 is 2.60 bits per heavy atom. The van der Waals surface area contributed by atoms with Crippen molar-refractivity contribution in [3.8, 4) is 11.8 Å². The van der Waals surface area contributed by atoms with Crippen molar-refractivity contribution in [3.05, 3.63) is 35.4 Å². The quantitative estimate of drug-likeness (QED) is 0.761. The van der Waals surface area contributed by atoms with E-state index in [9.17, 15) is 4.79 Å². The zero-order valence-electron chi connectivity index (χ0n) is 8.49. The topological polar surface area (TPSA) is 46.5 Å². The molecule has 0 saturated heterocycles. The van der Waals surface area contributed by atoms with Crippen LogP contribution in [0.1, 0.15) is 17.5 Å². The molecule has 1 aromatic carbocycles. The molecule has 1 aromatic rings. The van der Waals surface area contributed by atoms with Crippen LogP contribution >= 0.6 is 0 Å². The van der Waals surface area contributed by atoms with Crippen molar-refractivity contribution >= 4 is 5.97 Å². The van der Waals surface area contributed by atoms with Crippen LogP contribution in [0.25, 0.3) is 0 Å². The maximum Gasteiger partial charge on any atom is 0.315 e. The fourth-order valence-corrected chi connectivity index (χ4v) is 1.07. The maximum atomic E-state index is 10.2. The van der Waals surface area contributed by atoms with Crippen LogP contribution in [0, 0.1) is 11.8 Å². The minimum atomic E-state index is -0.904. The summed E-state index contributed by atoms with van der Waals surface area (Å²) in [6.07, 6.45) is -0.125. The Kier molecular flexibility index (Phi) is 4.39. The van der Waals surface area contributed by atoms with Crippen molar-refractivity contribution in [2.75, 3.05) is 7.11 Å². The molecule has 0 saturated carbocycles. The smallest absolute Gasteiger partial charge is 0.315 e. The van der Waals surface area contributed by atoms with Crippen LogP contribution in [-0.2, 0) is 16.1 Å². The molecule has 0 radical (unpaired) electrons. The first kappa shape index (κ1) is 11.3. The van der Waals surface area contributed by atoms with E-state index < -0.39 is 5.97 Å². The third-order valence-corrected chi connectivity index (χ3v) is 1.74. The van der Waals surface area contributed by atoms with Gasteiger partial charge >= 0.3 is 5.97 Å². The first-order valence-electron chi connectivity index (χ1n) is 4.51.